The van der Waals surface area contributed by atoms with Crippen molar-refractivity contribution in [2.45, 2.75) is 68.9 Å². The number of nitrogens with one attached hydrogen (secondary N) is 1. The van der Waals surface area contributed by atoms with E-state index in [4.69, 9.17) is 9.47 Å². The molecule has 1 aromatic rings. The van der Waals surface area contributed by atoms with Gasteiger partial charge >= 0.3 is 6.18 Å². The second-order valence-electron chi connectivity index (χ2n) is 8.28. The molecule has 8 heteroatoms. The van der Waals surface area contributed by atoms with E-state index in [2.05, 4.69) is 5.32 Å². The summed E-state index contributed by atoms with van der Waals surface area (Å²) in [5, 5.41) is 2.69. The molecule has 29 heavy (non-hydrogen) atoms. The van der Waals surface area contributed by atoms with Crippen LogP contribution in [-0.4, -0.2) is 61.0 Å². The summed E-state index contributed by atoms with van der Waals surface area (Å²) in [5.41, 5.74) is 1.09. The molecule has 160 valence electrons. The molecule has 1 amide bonds. The molecule has 4 aliphatic rings. The summed E-state index contributed by atoms with van der Waals surface area (Å²) in [5.74, 6) is 0.819. The molecular formula is C21H27F3N2O3. The minimum atomic E-state index is -4.33. The lowest BCUT2D eigenvalue weighted by Gasteiger charge is -2.45. The number of hydrogen-bond acceptors (Lipinski definition) is 4. The summed E-state index contributed by atoms with van der Waals surface area (Å²) in [6.45, 7) is 1.75. The van der Waals surface area contributed by atoms with Crippen molar-refractivity contribution in [2.24, 2.45) is 0 Å². The number of carbonyl (C=O) groups is 1. The number of hydrogen-bond donors (Lipinski definition) is 1. The standard InChI is InChI=1S/C21H27F3N2O3/c1-13(21(22,23)24)25-17-6-4-8-26-18(17)11-28-15-9-14(10-15)16-5-2-3-7-19(16)29-12-20(26)27/h2-3,5,7,13-15,17-18,25H,4,6,8-12H2,1H3/t13-,14?,15?,17-,18-/m1/s1. The van der Waals surface area contributed by atoms with Crippen LogP contribution in [0, 0.1) is 0 Å². The second-order valence-corrected chi connectivity index (χ2v) is 8.28. The first-order chi connectivity index (χ1) is 13.8. The average molecular weight is 412 g/mol. The number of alkyl halides is 3. The molecule has 2 fully saturated rings. The van der Waals surface area contributed by atoms with Gasteiger partial charge in [0.25, 0.3) is 5.91 Å². The molecule has 1 saturated heterocycles. The van der Waals surface area contributed by atoms with Gasteiger partial charge in [-0.15, -0.1) is 0 Å². The normalized spacial score (nSPS) is 31.3. The molecule has 1 aromatic carbocycles. The number of rotatable bonds is 2. The van der Waals surface area contributed by atoms with Crippen LogP contribution in [-0.2, 0) is 9.53 Å². The van der Waals surface area contributed by atoms with Crippen molar-refractivity contribution in [3.05, 3.63) is 29.8 Å². The van der Waals surface area contributed by atoms with Crippen LogP contribution in [0.25, 0.3) is 0 Å². The van der Waals surface area contributed by atoms with Crippen molar-refractivity contribution >= 4 is 5.91 Å². The van der Waals surface area contributed by atoms with Crippen LogP contribution in [0.4, 0.5) is 13.2 Å². The van der Waals surface area contributed by atoms with Crippen molar-refractivity contribution in [3.63, 3.8) is 0 Å². The summed E-state index contributed by atoms with van der Waals surface area (Å²) < 4.78 is 51.2. The topological polar surface area (TPSA) is 50.8 Å². The van der Waals surface area contributed by atoms with Crippen LogP contribution in [0.3, 0.4) is 0 Å². The average Bonchev–Trinajstić information content (AvgIpc) is 2.64. The molecule has 0 aromatic heterocycles. The van der Waals surface area contributed by atoms with E-state index in [9.17, 15) is 18.0 Å². The Morgan fingerprint density at radius 1 is 1.24 bits per heavy atom. The fourth-order valence-corrected chi connectivity index (χ4v) is 4.54. The number of para-hydroxylation sites is 1. The maximum atomic E-state index is 13.1. The number of ether oxygens (including phenoxy) is 2. The summed E-state index contributed by atoms with van der Waals surface area (Å²) in [7, 11) is 0. The van der Waals surface area contributed by atoms with Crippen molar-refractivity contribution in [1.82, 2.24) is 10.2 Å². The number of fused-ring (bicyclic) bond motifs is 3. The Morgan fingerprint density at radius 3 is 2.76 bits per heavy atom. The number of piperidine rings is 1. The zero-order valence-corrected chi connectivity index (χ0v) is 16.5. The first-order valence-corrected chi connectivity index (χ1v) is 10.3. The van der Waals surface area contributed by atoms with E-state index in [1.165, 1.54) is 0 Å². The second kappa shape index (κ2) is 8.14. The lowest BCUT2D eigenvalue weighted by Crippen LogP contribution is -2.61. The fourth-order valence-electron chi connectivity index (χ4n) is 4.54. The van der Waals surface area contributed by atoms with Gasteiger partial charge in [-0.3, -0.25) is 4.79 Å². The van der Waals surface area contributed by atoms with E-state index in [0.29, 0.717) is 31.1 Å². The van der Waals surface area contributed by atoms with E-state index in [1.807, 2.05) is 24.3 Å². The maximum absolute atomic E-state index is 13.1. The molecule has 0 unspecified atom stereocenters. The minimum absolute atomic E-state index is 0.0621. The smallest absolute Gasteiger partial charge is 0.403 e. The monoisotopic (exact) mass is 412 g/mol. The summed E-state index contributed by atoms with van der Waals surface area (Å²) in [6.07, 6.45) is -1.32. The highest BCUT2D eigenvalue weighted by atomic mass is 19.4. The van der Waals surface area contributed by atoms with Crippen molar-refractivity contribution in [3.8, 4) is 5.75 Å². The van der Waals surface area contributed by atoms with Crippen LogP contribution in [0.2, 0.25) is 0 Å². The Bertz CT molecular complexity index is 736. The molecule has 3 heterocycles. The molecule has 0 spiro atoms. The zero-order chi connectivity index (χ0) is 20.6. The molecule has 5 nitrogen and oxygen atoms in total. The van der Waals surface area contributed by atoms with Gasteiger partial charge in [0.15, 0.2) is 6.61 Å². The molecule has 1 aliphatic carbocycles. The van der Waals surface area contributed by atoms with E-state index in [0.717, 1.165) is 25.3 Å². The van der Waals surface area contributed by atoms with Crippen LogP contribution in [0.5, 0.6) is 5.75 Å². The Hall–Kier alpha value is -1.80. The fraction of sp³-hybridized carbons (Fsp3) is 0.667. The molecular weight excluding hydrogens is 385 g/mol. The predicted octanol–water partition coefficient (Wildman–Crippen LogP) is 3.24. The number of nitrogens with zero attached hydrogens (tertiary/aromatic N) is 1. The van der Waals surface area contributed by atoms with Gasteiger partial charge in [-0.05, 0) is 50.2 Å². The third-order valence-electron chi connectivity index (χ3n) is 6.36. The Morgan fingerprint density at radius 2 is 2.00 bits per heavy atom. The van der Waals surface area contributed by atoms with E-state index in [-0.39, 0.29) is 25.2 Å². The van der Waals surface area contributed by atoms with Crippen molar-refractivity contribution < 1.29 is 27.4 Å². The van der Waals surface area contributed by atoms with Gasteiger partial charge in [-0.1, -0.05) is 18.2 Å². The highest BCUT2D eigenvalue weighted by Crippen LogP contribution is 2.43. The third-order valence-corrected chi connectivity index (χ3v) is 6.36. The van der Waals surface area contributed by atoms with Gasteiger partial charge < -0.3 is 19.7 Å². The molecule has 1 N–H and O–H groups in total. The van der Waals surface area contributed by atoms with Crippen LogP contribution in [0.1, 0.15) is 44.1 Å². The van der Waals surface area contributed by atoms with Gasteiger partial charge in [-0.2, -0.15) is 13.2 Å². The Kier molecular flexibility index (Phi) is 5.75. The van der Waals surface area contributed by atoms with Gasteiger partial charge in [-0.25, -0.2) is 0 Å². The van der Waals surface area contributed by atoms with Gasteiger partial charge in [0.05, 0.1) is 18.8 Å². The summed E-state index contributed by atoms with van der Waals surface area (Å²) >= 11 is 0. The van der Waals surface area contributed by atoms with Crippen LogP contribution >= 0.6 is 0 Å². The Balaban J connectivity index is 1.54. The minimum Gasteiger partial charge on any atom is -0.483 e. The Labute approximate surface area is 168 Å². The summed E-state index contributed by atoms with van der Waals surface area (Å²) in [6, 6.07) is 5.20. The van der Waals surface area contributed by atoms with Crippen LogP contribution in [0.15, 0.2) is 24.3 Å². The lowest BCUT2D eigenvalue weighted by molar-refractivity contribution is -0.158. The number of amides is 1. The SMILES string of the molecule is C[C@@H](N[C@@H]1CCCN2C(=O)COc3ccccc3C3CC(C3)OC[C@H]12)C(F)(F)F. The molecule has 3 aliphatic heterocycles. The van der Waals surface area contributed by atoms with Gasteiger partial charge in [0, 0.05) is 12.6 Å². The highest BCUT2D eigenvalue weighted by Gasteiger charge is 2.43. The predicted molar refractivity (Wildman–Crippen MR) is 101 cm³/mol. The quantitative estimate of drug-likeness (QED) is 0.810. The molecule has 1 saturated carbocycles. The van der Waals surface area contributed by atoms with Gasteiger partial charge in [0.1, 0.15) is 11.8 Å². The molecule has 0 radical (unpaired) electrons. The summed E-state index contributed by atoms with van der Waals surface area (Å²) in [4.78, 5) is 14.5. The molecule has 2 bridgehead atoms. The highest BCUT2D eigenvalue weighted by molar-refractivity contribution is 5.78. The van der Waals surface area contributed by atoms with Crippen molar-refractivity contribution in [2.75, 3.05) is 19.8 Å². The number of benzene rings is 1. The van der Waals surface area contributed by atoms with E-state index >= 15 is 0 Å². The molecule has 5 rings (SSSR count). The van der Waals surface area contributed by atoms with Crippen molar-refractivity contribution in [1.29, 1.82) is 0 Å². The largest absolute Gasteiger partial charge is 0.483 e. The first-order valence-electron chi connectivity index (χ1n) is 10.3. The van der Waals surface area contributed by atoms with Crippen LogP contribution < -0.4 is 10.1 Å². The van der Waals surface area contributed by atoms with E-state index in [1.54, 1.807) is 4.90 Å². The first kappa shape index (κ1) is 20.5. The van der Waals surface area contributed by atoms with E-state index < -0.39 is 24.3 Å². The number of carbonyl (C=O) groups excluding carboxylic acids is 1. The number of halogens is 3. The third kappa shape index (κ3) is 4.38. The maximum Gasteiger partial charge on any atom is 0.403 e. The molecule has 3 atom stereocenters. The zero-order valence-electron chi connectivity index (χ0n) is 16.5. The van der Waals surface area contributed by atoms with Gasteiger partial charge in [0.2, 0.25) is 0 Å². The lowest BCUT2D eigenvalue weighted by atomic mass is 9.77.